The molecule has 0 aliphatic carbocycles. The van der Waals surface area contributed by atoms with Crippen LogP contribution in [0.4, 0.5) is 4.39 Å². The summed E-state index contributed by atoms with van der Waals surface area (Å²) in [4.78, 5) is 33.4. The molecule has 6 nitrogen and oxygen atoms in total. The van der Waals surface area contributed by atoms with Crippen LogP contribution in [0.2, 0.25) is 0 Å². The van der Waals surface area contributed by atoms with Crippen LogP contribution in [0.25, 0.3) is 0 Å². The molecule has 0 saturated heterocycles. The highest BCUT2D eigenvalue weighted by molar-refractivity contribution is 8.16. The highest BCUT2D eigenvalue weighted by Crippen LogP contribution is 2.45. The van der Waals surface area contributed by atoms with Crippen LogP contribution in [0.15, 0.2) is 100 Å². The lowest BCUT2D eigenvalue weighted by atomic mass is 9.90. The first-order valence-corrected chi connectivity index (χ1v) is 13.9. The van der Waals surface area contributed by atoms with Crippen molar-refractivity contribution >= 4 is 28.8 Å². The predicted molar refractivity (Wildman–Crippen MR) is 155 cm³/mol. The maximum atomic E-state index is 13.6. The molecular formula is C32H30FN3O3S. The number of hydrogen-bond donors (Lipinski definition) is 1. The molecule has 0 fully saturated rings. The standard InChI is InChI=1S/C32H30FN3O3S/c1-20-9-14-27(21(2)15-20)30-29(31(38)39-18-24-7-5-4-6-8-24)22(3)35-32-36(30)26(19-40-32)16-28(37)34-17-23-10-12-25(33)13-11-23/h4-15,19,30H,16-18H2,1-3H3,(H,34,37)/t30-/m0/s1. The van der Waals surface area contributed by atoms with E-state index in [1.54, 1.807) is 12.1 Å². The van der Waals surface area contributed by atoms with Crippen molar-refractivity contribution < 1.29 is 18.7 Å². The minimum absolute atomic E-state index is 0.0972. The number of nitrogens with one attached hydrogen (secondary N) is 1. The number of allylic oxidation sites excluding steroid dienone is 1. The molecule has 2 aliphatic heterocycles. The number of benzene rings is 3. The molecule has 0 radical (unpaired) electrons. The van der Waals surface area contributed by atoms with Gasteiger partial charge in [0.1, 0.15) is 12.4 Å². The molecule has 1 atom stereocenters. The fourth-order valence-electron chi connectivity index (χ4n) is 4.89. The van der Waals surface area contributed by atoms with Crippen molar-refractivity contribution in [3.05, 3.63) is 129 Å². The van der Waals surface area contributed by atoms with Crippen LogP contribution in [0.3, 0.4) is 0 Å². The largest absolute Gasteiger partial charge is 0.457 e. The second kappa shape index (κ2) is 11.9. The van der Waals surface area contributed by atoms with E-state index in [1.165, 1.54) is 23.9 Å². The minimum Gasteiger partial charge on any atom is -0.457 e. The molecule has 0 unspecified atom stereocenters. The van der Waals surface area contributed by atoms with Gasteiger partial charge in [-0.3, -0.25) is 4.79 Å². The first-order chi connectivity index (χ1) is 19.3. The first-order valence-electron chi connectivity index (χ1n) is 13.0. The molecule has 3 aromatic carbocycles. The molecular weight excluding hydrogens is 525 g/mol. The molecule has 2 heterocycles. The maximum absolute atomic E-state index is 13.6. The van der Waals surface area contributed by atoms with Crippen molar-refractivity contribution in [2.24, 2.45) is 4.99 Å². The summed E-state index contributed by atoms with van der Waals surface area (Å²) in [6.45, 7) is 6.32. The summed E-state index contributed by atoms with van der Waals surface area (Å²) in [5, 5.41) is 5.54. The average Bonchev–Trinajstić information content (AvgIpc) is 3.33. The normalized spacial score (nSPS) is 16.3. The van der Waals surface area contributed by atoms with Crippen LogP contribution in [0, 0.1) is 19.7 Å². The molecule has 8 heteroatoms. The SMILES string of the molecule is CC1=C(C(=O)OCc2ccccc2)[C@H](c2ccc(C)cc2C)N2C(CC(=O)NCc3ccc(F)cc3)=CSC2=N1. The van der Waals surface area contributed by atoms with Gasteiger partial charge in [-0.25, -0.2) is 14.2 Å². The summed E-state index contributed by atoms with van der Waals surface area (Å²) in [5.41, 5.74) is 6.59. The van der Waals surface area contributed by atoms with E-state index in [4.69, 9.17) is 9.73 Å². The summed E-state index contributed by atoms with van der Waals surface area (Å²) >= 11 is 1.43. The zero-order chi connectivity index (χ0) is 28.2. The zero-order valence-corrected chi connectivity index (χ0v) is 23.4. The maximum Gasteiger partial charge on any atom is 0.338 e. The number of aliphatic imine (C=N–C) groups is 1. The lowest BCUT2D eigenvalue weighted by molar-refractivity contribution is -0.141. The van der Waals surface area contributed by atoms with Gasteiger partial charge in [0.15, 0.2) is 5.17 Å². The Morgan fingerprint density at radius 1 is 1.00 bits per heavy atom. The van der Waals surface area contributed by atoms with Gasteiger partial charge < -0.3 is 15.0 Å². The highest BCUT2D eigenvalue weighted by atomic mass is 32.2. The summed E-state index contributed by atoms with van der Waals surface area (Å²) < 4.78 is 19.0. The van der Waals surface area contributed by atoms with Gasteiger partial charge in [0, 0.05) is 12.2 Å². The lowest BCUT2D eigenvalue weighted by Gasteiger charge is -2.37. The predicted octanol–water partition coefficient (Wildman–Crippen LogP) is 6.47. The van der Waals surface area contributed by atoms with E-state index in [0.717, 1.165) is 33.5 Å². The number of ether oxygens (including phenoxy) is 1. The number of nitrogens with zero attached hydrogens (tertiary/aromatic N) is 2. The molecule has 0 aromatic heterocycles. The number of esters is 1. The average molecular weight is 556 g/mol. The zero-order valence-electron chi connectivity index (χ0n) is 22.6. The summed E-state index contributed by atoms with van der Waals surface area (Å²) in [6, 6.07) is 21.2. The van der Waals surface area contributed by atoms with Crippen molar-refractivity contribution in [2.45, 2.75) is 46.4 Å². The third-order valence-corrected chi connectivity index (χ3v) is 7.79. The van der Waals surface area contributed by atoms with Gasteiger partial charge in [-0.1, -0.05) is 78.0 Å². The van der Waals surface area contributed by atoms with Crippen LogP contribution in [-0.2, 0) is 27.5 Å². The van der Waals surface area contributed by atoms with Gasteiger partial charge in [-0.2, -0.15) is 0 Å². The number of carbonyl (C=O) groups excluding carboxylic acids is 2. The fraction of sp³-hybridized carbons (Fsp3) is 0.219. The smallest absolute Gasteiger partial charge is 0.338 e. The van der Waals surface area contributed by atoms with Crippen molar-refractivity contribution in [2.75, 3.05) is 0 Å². The number of hydrogen-bond acceptors (Lipinski definition) is 6. The van der Waals surface area contributed by atoms with Crippen molar-refractivity contribution in [1.29, 1.82) is 0 Å². The van der Waals surface area contributed by atoms with Crippen LogP contribution >= 0.6 is 11.8 Å². The molecule has 204 valence electrons. The summed E-state index contributed by atoms with van der Waals surface area (Å²) in [6.07, 6.45) is 0.0972. The van der Waals surface area contributed by atoms with Crippen molar-refractivity contribution in [3.8, 4) is 0 Å². The number of fused-ring (bicyclic) bond motifs is 1. The molecule has 2 aliphatic rings. The van der Waals surface area contributed by atoms with E-state index in [9.17, 15) is 14.0 Å². The van der Waals surface area contributed by atoms with E-state index in [1.807, 2.05) is 73.5 Å². The molecule has 0 saturated carbocycles. The Morgan fingerprint density at radius 3 is 2.48 bits per heavy atom. The number of amides is 1. The molecule has 1 N–H and O–H groups in total. The van der Waals surface area contributed by atoms with Crippen LogP contribution in [-0.4, -0.2) is 21.9 Å². The van der Waals surface area contributed by atoms with E-state index in [2.05, 4.69) is 11.4 Å². The summed E-state index contributed by atoms with van der Waals surface area (Å²) in [7, 11) is 0. The number of aryl methyl sites for hydroxylation is 2. The van der Waals surface area contributed by atoms with Gasteiger partial charge in [-0.05, 0) is 60.6 Å². The molecule has 1 amide bonds. The van der Waals surface area contributed by atoms with Gasteiger partial charge >= 0.3 is 5.97 Å². The molecule has 40 heavy (non-hydrogen) atoms. The number of halogens is 1. The Morgan fingerprint density at radius 2 is 1.75 bits per heavy atom. The van der Waals surface area contributed by atoms with Crippen LogP contribution < -0.4 is 5.32 Å². The van der Waals surface area contributed by atoms with E-state index >= 15 is 0 Å². The Bertz CT molecular complexity index is 1530. The molecule has 3 aromatic rings. The Balaban J connectivity index is 1.41. The Labute approximate surface area is 237 Å². The third kappa shape index (κ3) is 6.02. The van der Waals surface area contributed by atoms with Crippen molar-refractivity contribution in [3.63, 3.8) is 0 Å². The number of amidine groups is 1. The van der Waals surface area contributed by atoms with Gasteiger partial charge in [-0.15, -0.1) is 0 Å². The Kier molecular flexibility index (Phi) is 8.16. The third-order valence-electron chi connectivity index (χ3n) is 6.90. The van der Waals surface area contributed by atoms with E-state index in [0.29, 0.717) is 16.4 Å². The molecule has 5 rings (SSSR count). The van der Waals surface area contributed by atoms with E-state index < -0.39 is 12.0 Å². The number of carbonyl (C=O) groups is 2. The number of thioether (sulfide) groups is 1. The minimum atomic E-state index is -0.498. The second-order valence-electron chi connectivity index (χ2n) is 9.89. The molecule has 0 spiro atoms. The second-order valence-corrected chi connectivity index (χ2v) is 10.7. The van der Waals surface area contributed by atoms with Gasteiger partial charge in [0.05, 0.1) is 23.7 Å². The number of rotatable bonds is 8. The lowest BCUT2D eigenvalue weighted by Crippen LogP contribution is -2.38. The monoisotopic (exact) mass is 555 g/mol. The van der Waals surface area contributed by atoms with Crippen molar-refractivity contribution in [1.82, 2.24) is 10.2 Å². The fourth-order valence-corrected chi connectivity index (χ4v) is 5.85. The van der Waals surface area contributed by atoms with Crippen LogP contribution in [0.5, 0.6) is 0 Å². The van der Waals surface area contributed by atoms with Gasteiger partial charge in [0.2, 0.25) is 5.91 Å². The Hall–Kier alpha value is -4.17. The van der Waals surface area contributed by atoms with E-state index in [-0.39, 0.29) is 31.3 Å². The molecule has 0 bridgehead atoms. The van der Waals surface area contributed by atoms with Gasteiger partial charge in [0.25, 0.3) is 0 Å². The highest BCUT2D eigenvalue weighted by Gasteiger charge is 2.41. The summed E-state index contributed by atoms with van der Waals surface area (Å²) in [5.74, 6) is -0.943. The van der Waals surface area contributed by atoms with Crippen LogP contribution in [0.1, 0.15) is 47.2 Å². The first kappa shape index (κ1) is 27.4. The topological polar surface area (TPSA) is 71.0 Å². The quantitative estimate of drug-likeness (QED) is 0.323.